The second-order valence-corrected chi connectivity index (χ2v) is 4.95. The van der Waals surface area contributed by atoms with Gasteiger partial charge in [0.15, 0.2) is 0 Å². The standard InChI is InChI=1S/C15H15BrN2O/c1-11-5-14(10-17-8-11)15(19)18-9-13-4-2-3-12(6-13)7-16/h2-6,8,10H,7,9H2,1H3,(H,18,19). The highest BCUT2D eigenvalue weighted by molar-refractivity contribution is 9.08. The second kappa shape index (κ2) is 6.48. The number of rotatable bonds is 4. The van der Waals surface area contributed by atoms with E-state index in [4.69, 9.17) is 0 Å². The molecule has 1 aromatic carbocycles. The molecule has 98 valence electrons. The summed E-state index contributed by atoms with van der Waals surface area (Å²) in [5.41, 5.74) is 3.86. The number of aryl methyl sites for hydroxylation is 1. The minimum absolute atomic E-state index is 0.0968. The molecule has 2 aromatic rings. The van der Waals surface area contributed by atoms with Crippen LogP contribution < -0.4 is 5.32 Å². The summed E-state index contributed by atoms with van der Waals surface area (Å²) < 4.78 is 0. The number of carbonyl (C=O) groups is 1. The van der Waals surface area contributed by atoms with E-state index < -0.39 is 0 Å². The lowest BCUT2D eigenvalue weighted by molar-refractivity contribution is 0.0950. The predicted molar refractivity (Wildman–Crippen MR) is 79.2 cm³/mol. The second-order valence-electron chi connectivity index (χ2n) is 4.39. The molecule has 0 saturated carbocycles. The summed E-state index contributed by atoms with van der Waals surface area (Å²) in [5.74, 6) is -0.0968. The van der Waals surface area contributed by atoms with Crippen LogP contribution in [0, 0.1) is 6.92 Å². The lowest BCUT2D eigenvalue weighted by Gasteiger charge is -2.06. The summed E-state index contributed by atoms with van der Waals surface area (Å²) >= 11 is 3.42. The van der Waals surface area contributed by atoms with Crippen molar-refractivity contribution in [2.24, 2.45) is 0 Å². The number of benzene rings is 1. The van der Waals surface area contributed by atoms with Gasteiger partial charge in [0.2, 0.25) is 0 Å². The van der Waals surface area contributed by atoms with Gasteiger partial charge < -0.3 is 5.32 Å². The van der Waals surface area contributed by atoms with Crippen molar-refractivity contribution in [3.8, 4) is 0 Å². The molecule has 1 amide bonds. The van der Waals surface area contributed by atoms with E-state index in [-0.39, 0.29) is 5.91 Å². The van der Waals surface area contributed by atoms with Crippen LogP contribution in [0.4, 0.5) is 0 Å². The van der Waals surface area contributed by atoms with Gasteiger partial charge in [0.05, 0.1) is 5.56 Å². The molecule has 2 rings (SSSR count). The minimum atomic E-state index is -0.0968. The smallest absolute Gasteiger partial charge is 0.253 e. The maximum atomic E-state index is 12.0. The number of hydrogen-bond donors (Lipinski definition) is 1. The van der Waals surface area contributed by atoms with Gasteiger partial charge in [-0.15, -0.1) is 0 Å². The quantitative estimate of drug-likeness (QED) is 0.879. The lowest BCUT2D eigenvalue weighted by atomic mass is 10.1. The number of nitrogens with one attached hydrogen (secondary N) is 1. The third-order valence-electron chi connectivity index (χ3n) is 2.74. The fraction of sp³-hybridized carbons (Fsp3) is 0.200. The van der Waals surface area contributed by atoms with Crippen molar-refractivity contribution in [2.75, 3.05) is 0 Å². The average Bonchev–Trinajstić information content (AvgIpc) is 2.45. The third-order valence-corrected chi connectivity index (χ3v) is 3.38. The van der Waals surface area contributed by atoms with Crippen LogP contribution in [0.5, 0.6) is 0 Å². The predicted octanol–water partition coefficient (Wildman–Crippen LogP) is 3.21. The van der Waals surface area contributed by atoms with Crippen molar-refractivity contribution >= 4 is 21.8 Å². The number of hydrogen-bond acceptors (Lipinski definition) is 2. The number of alkyl halides is 1. The van der Waals surface area contributed by atoms with E-state index in [0.29, 0.717) is 12.1 Å². The first-order chi connectivity index (χ1) is 9.19. The molecule has 0 unspecified atom stereocenters. The highest BCUT2D eigenvalue weighted by Crippen LogP contribution is 2.09. The monoisotopic (exact) mass is 318 g/mol. The van der Waals surface area contributed by atoms with Gasteiger partial charge >= 0.3 is 0 Å². The van der Waals surface area contributed by atoms with E-state index in [1.807, 2.05) is 31.2 Å². The molecular weight excluding hydrogens is 304 g/mol. The molecule has 1 N–H and O–H groups in total. The molecule has 0 bridgehead atoms. The molecule has 0 spiro atoms. The van der Waals surface area contributed by atoms with Crippen molar-refractivity contribution in [2.45, 2.75) is 18.8 Å². The highest BCUT2D eigenvalue weighted by Gasteiger charge is 2.05. The molecule has 0 aliphatic rings. The lowest BCUT2D eigenvalue weighted by Crippen LogP contribution is -2.23. The number of pyridine rings is 1. The van der Waals surface area contributed by atoms with Crippen molar-refractivity contribution in [1.82, 2.24) is 10.3 Å². The van der Waals surface area contributed by atoms with Gasteiger partial charge in [-0.25, -0.2) is 0 Å². The Morgan fingerprint density at radius 3 is 2.79 bits per heavy atom. The Bertz CT molecular complexity index is 584. The molecule has 1 heterocycles. The van der Waals surface area contributed by atoms with Crippen LogP contribution in [-0.4, -0.2) is 10.9 Å². The summed E-state index contributed by atoms with van der Waals surface area (Å²) in [6.45, 7) is 2.44. The molecule has 0 saturated heterocycles. The Morgan fingerprint density at radius 1 is 1.26 bits per heavy atom. The minimum Gasteiger partial charge on any atom is -0.348 e. The molecule has 0 fully saturated rings. The Morgan fingerprint density at radius 2 is 2.05 bits per heavy atom. The Balaban J connectivity index is 2.00. The van der Waals surface area contributed by atoms with E-state index in [2.05, 4.69) is 32.3 Å². The fourth-order valence-electron chi connectivity index (χ4n) is 1.79. The zero-order valence-corrected chi connectivity index (χ0v) is 12.3. The number of halogens is 1. The molecule has 3 nitrogen and oxygen atoms in total. The number of carbonyl (C=O) groups excluding carboxylic acids is 1. The maximum absolute atomic E-state index is 12.0. The fourth-order valence-corrected chi connectivity index (χ4v) is 2.14. The van der Waals surface area contributed by atoms with Crippen molar-refractivity contribution in [1.29, 1.82) is 0 Å². The number of nitrogens with zero attached hydrogens (tertiary/aromatic N) is 1. The zero-order valence-electron chi connectivity index (χ0n) is 10.7. The topological polar surface area (TPSA) is 42.0 Å². The van der Waals surface area contributed by atoms with E-state index in [0.717, 1.165) is 16.5 Å². The molecule has 0 atom stereocenters. The van der Waals surface area contributed by atoms with Gasteiger partial charge in [0.1, 0.15) is 0 Å². The van der Waals surface area contributed by atoms with Crippen LogP contribution in [0.1, 0.15) is 27.0 Å². The van der Waals surface area contributed by atoms with E-state index in [1.54, 1.807) is 12.4 Å². The highest BCUT2D eigenvalue weighted by atomic mass is 79.9. The van der Waals surface area contributed by atoms with E-state index >= 15 is 0 Å². The van der Waals surface area contributed by atoms with Crippen LogP contribution in [0.3, 0.4) is 0 Å². The van der Waals surface area contributed by atoms with Gasteiger partial charge in [-0.05, 0) is 29.7 Å². The van der Waals surface area contributed by atoms with E-state index in [1.165, 1.54) is 5.56 Å². The summed E-state index contributed by atoms with van der Waals surface area (Å²) in [7, 11) is 0. The molecule has 0 aliphatic carbocycles. The number of aromatic nitrogens is 1. The first-order valence-corrected chi connectivity index (χ1v) is 7.15. The largest absolute Gasteiger partial charge is 0.348 e. The van der Waals surface area contributed by atoms with E-state index in [9.17, 15) is 4.79 Å². The maximum Gasteiger partial charge on any atom is 0.253 e. The average molecular weight is 319 g/mol. The Labute approximate surface area is 121 Å². The SMILES string of the molecule is Cc1cncc(C(=O)NCc2cccc(CBr)c2)c1. The summed E-state index contributed by atoms with van der Waals surface area (Å²) in [4.78, 5) is 16.0. The third kappa shape index (κ3) is 3.89. The van der Waals surface area contributed by atoms with Crippen molar-refractivity contribution < 1.29 is 4.79 Å². The van der Waals surface area contributed by atoms with Crippen LogP contribution in [-0.2, 0) is 11.9 Å². The molecule has 0 radical (unpaired) electrons. The van der Waals surface area contributed by atoms with Gasteiger partial charge in [0, 0.05) is 24.3 Å². The molecular formula is C15H15BrN2O. The molecule has 4 heteroatoms. The normalized spacial score (nSPS) is 10.2. The Hall–Kier alpha value is -1.68. The van der Waals surface area contributed by atoms with Crippen LogP contribution in [0.25, 0.3) is 0 Å². The van der Waals surface area contributed by atoms with Gasteiger partial charge in [-0.2, -0.15) is 0 Å². The zero-order chi connectivity index (χ0) is 13.7. The van der Waals surface area contributed by atoms with Crippen LogP contribution in [0.2, 0.25) is 0 Å². The van der Waals surface area contributed by atoms with Crippen LogP contribution >= 0.6 is 15.9 Å². The Kier molecular flexibility index (Phi) is 4.68. The first-order valence-electron chi connectivity index (χ1n) is 6.02. The van der Waals surface area contributed by atoms with Crippen molar-refractivity contribution in [3.05, 3.63) is 65.0 Å². The van der Waals surface area contributed by atoms with Crippen LogP contribution in [0.15, 0.2) is 42.7 Å². The summed E-state index contributed by atoms with van der Waals surface area (Å²) in [6.07, 6.45) is 3.31. The summed E-state index contributed by atoms with van der Waals surface area (Å²) in [5, 5.41) is 3.72. The van der Waals surface area contributed by atoms with Gasteiger partial charge in [-0.1, -0.05) is 40.2 Å². The first kappa shape index (κ1) is 13.7. The molecule has 1 aromatic heterocycles. The summed E-state index contributed by atoms with van der Waals surface area (Å²) in [6, 6.07) is 9.94. The molecule has 19 heavy (non-hydrogen) atoms. The van der Waals surface area contributed by atoms with Gasteiger partial charge in [-0.3, -0.25) is 9.78 Å². The van der Waals surface area contributed by atoms with Crippen molar-refractivity contribution in [3.63, 3.8) is 0 Å². The number of amides is 1. The van der Waals surface area contributed by atoms with Gasteiger partial charge in [0.25, 0.3) is 5.91 Å². The molecule has 0 aliphatic heterocycles.